The molecule has 2 amide bonds. The lowest BCUT2D eigenvalue weighted by molar-refractivity contribution is -0.137. The van der Waals surface area contributed by atoms with Crippen molar-refractivity contribution in [2.24, 2.45) is 0 Å². The number of carbonyl (C=O) groups is 1. The summed E-state index contributed by atoms with van der Waals surface area (Å²) in [4.78, 5) is 16.3. The van der Waals surface area contributed by atoms with Crippen LogP contribution in [0.4, 0.5) is 33.9 Å². The van der Waals surface area contributed by atoms with E-state index in [0.29, 0.717) is 12.5 Å². The van der Waals surface area contributed by atoms with E-state index < -0.39 is 29.3 Å². The van der Waals surface area contributed by atoms with Crippen LogP contribution in [-0.4, -0.2) is 24.1 Å². The van der Waals surface area contributed by atoms with Crippen LogP contribution in [0.1, 0.15) is 23.2 Å². The normalized spacial score (nSPS) is 13.5. The minimum Gasteiger partial charge on any atom is -0.370 e. The third kappa shape index (κ3) is 4.66. The number of hydrogen-bond donors (Lipinski definition) is 3. The number of aromatic nitrogens is 1. The second-order valence-corrected chi connectivity index (χ2v) is 6.13. The first-order chi connectivity index (χ1) is 12.8. The fourth-order valence-corrected chi connectivity index (χ4v) is 2.86. The molecule has 3 rings (SSSR count). The molecule has 5 nitrogen and oxygen atoms in total. The first-order valence-electron chi connectivity index (χ1n) is 8.48. The van der Waals surface area contributed by atoms with Gasteiger partial charge < -0.3 is 16.0 Å². The molecule has 27 heavy (non-hydrogen) atoms. The number of anilines is 2. The number of hydrogen-bond acceptors (Lipinski definition) is 3. The lowest BCUT2D eigenvalue weighted by Crippen LogP contribution is -2.32. The van der Waals surface area contributed by atoms with Gasteiger partial charge in [0.15, 0.2) is 0 Å². The second kappa shape index (κ2) is 7.81. The van der Waals surface area contributed by atoms with Crippen LogP contribution in [-0.2, 0) is 19.0 Å². The number of benzene rings is 1. The van der Waals surface area contributed by atoms with Crippen LogP contribution in [0.25, 0.3) is 0 Å². The van der Waals surface area contributed by atoms with Crippen LogP contribution in [0, 0.1) is 5.82 Å². The number of alkyl halides is 3. The molecule has 1 aliphatic heterocycles. The molecule has 0 spiro atoms. The number of nitrogens with zero attached hydrogens (tertiary/aromatic N) is 1. The number of para-hydroxylation sites is 1. The van der Waals surface area contributed by atoms with E-state index in [1.807, 2.05) is 17.4 Å². The smallest absolute Gasteiger partial charge is 0.370 e. The van der Waals surface area contributed by atoms with Crippen molar-refractivity contribution in [1.82, 2.24) is 10.3 Å². The highest BCUT2D eigenvalue weighted by Crippen LogP contribution is 2.36. The summed E-state index contributed by atoms with van der Waals surface area (Å²) in [6.45, 7) is 1.00. The van der Waals surface area contributed by atoms with E-state index in [2.05, 4.69) is 15.6 Å². The van der Waals surface area contributed by atoms with E-state index in [-0.39, 0.29) is 6.54 Å². The molecule has 0 bridgehead atoms. The monoisotopic (exact) mass is 382 g/mol. The molecule has 0 aliphatic carbocycles. The van der Waals surface area contributed by atoms with Gasteiger partial charge in [0, 0.05) is 25.2 Å². The second-order valence-electron chi connectivity index (χ2n) is 6.13. The standard InChI is InChI=1S/C18H18F4N4O/c19-14-5-1-4-13(18(20,21)22)15(14)26-17(27)24-10-8-12-7-6-11-3-2-9-23-16(11)25-12/h1,4-7H,2-3,8-10H2,(H,23,25)(H2,24,26,27). The van der Waals surface area contributed by atoms with Gasteiger partial charge >= 0.3 is 12.2 Å². The molecule has 0 saturated carbocycles. The van der Waals surface area contributed by atoms with Crippen LogP contribution in [0.5, 0.6) is 0 Å². The molecule has 0 fully saturated rings. The maximum absolute atomic E-state index is 13.7. The lowest BCUT2D eigenvalue weighted by atomic mass is 10.1. The molecule has 3 N–H and O–H groups in total. The third-order valence-corrected chi connectivity index (χ3v) is 4.18. The third-order valence-electron chi connectivity index (χ3n) is 4.18. The maximum Gasteiger partial charge on any atom is 0.418 e. The Labute approximate surface area is 153 Å². The number of urea groups is 1. The molecule has 0 radical (unpaired) electrons. The summed E-state index contributed by atoms with van der Waals surface area (Å²) >= 11 is 0. The van der Waals surface area contributed by atoms with Crippen LogP contribution >= 0.6 is 0 Å². The van der Waals surface area contributed by atoms with E-state index in [4.69, 9.17) is 0 Å². The van der Waals surface area contributed by atoms with Crippen molar-refractivity contribution in [3.05, 3.63) is 53.0 Å². The highest BCUT2D eigenvalue weighted by Gasteiger charge is 2.35. The number of rotatable bonds is 4. The summed E-state index contributed by atoms with van der Waals surface area (Å²) in [6, 6.07) is 5.42. The summed E-state index contributed by atoms with van der Waals surface area (Å²) < 4.78 is 52.5. The van der Waals surface area contributed by atoms with Crippen LogP contribution in [0.2, 0.25) is 0 Å². The average molecular weight is 382 g/mol. The summed E-state index contributed by atoms with van der Waals surface area (Å²) in [5.74, 6) is -0.327. The number of fused-ring (bicyclic) bond motifs is 1. The molecule has 0 saturated heterocycles. The van der Waals surface area contributed by atoms with Crippen LogP contribution < -0.4 is 16.0 Å². The Bertz CT molecular complexity index is 839. The van der Waals surface area contributed by atoms with Gasteiger partial charge in [0.05, 0.1) is 11.3 Å². The largest absolute Gasteiger partial charge is 0.418 e. The predicted molar refractivity (Wildman–Crippen MR) is 93.2 cm³/mol. The topological polar surface area (TPSA) is 66.0 Å². The van der Waals surface area contributed by atoms with Crippen molar-refractivity contribution >= 4 is 17.5 Å². The summed E-state index contributed by atoms with van der Waals surface area (Å²) in [5.41, 5.74) is -0.251. The zero-order valence-corrected chi connectivity index (χ0v) is 14.3. The number of amides is 2. The average Bonchev–Trinajstić information content (AvgIpc) is 2.62. The number of aryl methyl sites for hydroxylation is 1. The first-order valence-corrected chi connectivity index (χ1v) is 8.48. The number of nitrogens with one attached hydrogen (secondary N) is 3. The van der Waals surface area contributed by atoms with E-state index >= 15 is 0 Å². The quantitative estimate of drug-likeness (QED) is 0.702. The molecule has 0 unspecified atom stereocenters. The Morgan fingerprint density at radius 1 is 1.22 bits per heavy atom. The Balaban J connectivity index is 1.58. The molecule has 1 aromatic carbocycles. The Morgan fingerprint density at radius 3 is 2.81 bits per heavy atom. The number of halogens is 4. The van der Waals surface area contributed by atoms with E-state index in [0.717, 1.165) is 48.6 Å². The predicted octanol–water partition coefficient (Wildman–Crippen LogP) is 3.96. The SMILES string of the molecule is O=C(NCCc1ccc2c(n1)NCCC2)Nc1c(F)cccc1C(F)(F)F. The highest BCUT2D eigenvalue weighted by atomic mass is 19.4. The van der Waals surface area contributed by atoms with Crippen molar-refractivity contribution in [3.63, 3.8) is 0 Å². The van der Waals surface area contributed by atoms with Crippen molar-refractivity contribution in [2.45, 2.75) is 25.4 Å². The molecular formula is C18H18F4N4O. The molecule has 9 heteroatoms. The molecule has 2 aromatic rings. The van der Waals surface area contributed by atoms with Gasteiger partial charge in [-0.3, -0.25) is 0 Å². The Kier molecular flexibility index (Phi) is 5.48. The van der Waals surface area contributed by atoms with E-state index in [1.165, 1.54) is 0 Å². The van der Waals surface area contributed by atoms with Crippen LogP contribution in [0.3, 0.4) is 0 Å². The lowest BCUT2D eigenvalue weighted by Gasteiger charge is -2.17. The van der Waals surface area contributed by atoms with Gasteiger partial charge in [0.1, 0.15) is 11.6 Å². The number of carbonyl (C=O) groups excluding carboxylic acids is 1. The Hall–Kier alpha value is -2.84. The van der Waals surface area contributed by atoms with Gasteiger partial charge in [-0.25, -0.2) is 14.2 Å². The maximum atomic E-state index is 13.7. The molecular weight excluding hydrogens is 364 g/mol. The van der Waals surface area contributed by atoms with Crippen molar-refractivity contribution in [1.29, 1.82) is 0 Å². The Morgan fingerprint density at radius 2 is 2.04 bits per heavy atom. The zero-order chi connectivity index (χ0) is 19.4. The summed E-state index contributed by atoms with van der Waals surface area (Å²) in [7, 11) is 0. The number of pyridine rings is 1. The highest BCUT2D eigenvalue weighted by molar-refractivity contribution is 5.90. The molecule has 2 heterocycles. The zero-order valence-electron chi connectivity index (χ0n) is 14.3. The van der Waals surface area contributed by atoms with Gasteiger partial charge in [-0.05, 0) is 36.6 Å². The van der Waals surface area contributed by atoms with Crippen molar-refractivity contribution in [3.8, 4) is 0 Å². The molecule has 1 aliphatic rings. The van der Waals surface area contributed by atoms with Crippen molar-refractivity contribution < 1.29 is 22.4 Å². The molecule has 0 atom stereocenters. The van der Waals surface area contributed by atoms with Gasteiger partial charge in [-0.2, -0.15) is 13.2 Å². The van der Waals surface area contributed by atoms with Crippen LogP contribution in [0.15, 0.2) is 30.3 Å². The van der Waals surface area contributed by atoms with Gasteiger partial charge in [0.25, 0.3) is 0 Å². The fourth-order valence-electron chi connectivity index (χ4n) is 2.86. The fraction of sp³-hybridized carbons (Fsp3) is 0.333. The molecule has 144 valence electrons. The minimum atomic E-state index is -4.77. The van der Waals surface area contributed by atoms with Crippen molar-refractivity contribution in [2.75, 3.05) is 23.7 Å². The minimum absolute atomic E-state index is 0.146. The summed E-state index contributed by atoms with van der Waals surface area (Å²) in [5, 5.41) is 7.57. The van der Waals surface area contributed by atoms with E-state index in [1.54, 1.807) is 0 Å². The van der Waals surface area contributed by atoms with Gasteiger partial charge in [-0.1, -0.05) is 12.1 Å². The summed E-state index contributed by atoms with van der Waals surface area (Å²) in [6.07, 6.45) is -2.37. The van der Waals surface area contributed by atoms with Gasteiger partial charge in [-0.15, -0.1) is 0 Å². The molecule has 1 aromatic heterocycles. The van der Waals surface area contributed by atoms with E-state index in [9.17, 15) is 22.4 Å². The van der Waals surface area contributed by atoms with Gasteiger partial charge in [0.2, 0.25) is 0 Å². The first kappa shape index (κ1) is 18.9.